The number of anilines is 1. The molecule has 0 saturated carbocycles. The van der Waals surface area contributed by atoms with E-state index in [-0.39, 0.29) is 17.2 Å². The van der Waals surface area contributed by atoms with E-state index in [0.717, 1.165) is 23.4 Å². The van der Waals surface area contributed by atoms with E-state index in [9.17, 15) is 10.1 Å². The van der Waals surface area contributed by atoms with Crippen LogP contribution in [0.4, 0.5) is 10.8 Å². The summed E-state index contributed by atoms with van der Waals surface area (Å²) < 4.78 is 16.0. The molecule has 0 unspecified atom stereocenters. The highest BCUT2D eigenvalue weighted by molar-refractivity contribution is 7.14. The maximum Gasteiger partial charge on any atom is 0.315 e. The lowest BCUT2D eigenvalue weighted by Gasteiger charge is -2.11. The van der Waals surface area contributed by atoms with Gasteiger partial charge < -0.3 is 14.2 Å². The first-order chi connectivity index (χ1) is 15.0. The van der Waals surface area contributed by atoms with Gasteiger partial charge in [-0.25, -0.2) is 4.98 Å². The third-order valence-corrected chi connectivity index (χ3v) is 4.94. The molecular weight excluding hydrogens is 420 g/mol. The Balaban J connectivity index is 1.75. The van der Waals surface area contributed by atoms with Crippen LogP contribution in [-0.4, -0.2) is 36.9 Å². The molecule has 2 aromatic carbocycles. The molecule has 0 aliphatic rings. The summed E-state index contributed by atoms with van der Waals surface area (Å²) in [5.74, 6) is 1.17. The van der Waals surface area contributed by atoms with E-state index in [1.54, 1.807) is 13.2 Å². The number of hydrogen-bond donors (Lipinski definition) is 1. The molecule has 0 saturated heterocycles. The number of methoxy groups -OCH3 is 2. The molecule has 1 N–H and O–H groups in total. The minimum atomic E-state index is -0.500. The minimum absolute atomic E-state index is 0.114. The Morgan fingerprint density at radius 2 is 2.00 bits per heavy atom. The second kappa shape index (κ2) is 10.4. The van der Waals surface area contributed by atoms with Gasteiger partial charge in [0.25, 0.3) is 0 Å². The number of thiazole rings is 1. The molecule has 0 spiro atoms. The molecule has 0 amide bonds. The Bertz CT molecular complexity index is 1070. The topological polar surface area (TPSA) is 108 Å². The molecule has 1 aromatic heterocycles. The average Bonchev–Trinajstić information content (AvgIpc) is 3.26. The van der Waals surface area contributed by atoms with Crippen LogP contribution in [-0.2, 0) is 0 Å². The molecule has 3 aromatic rings. The van der Waals surface area contributed by atoms with E-state index in [1.807, 2.05) is 36.6 Å². The molecule has 3 rings (SSSR count). The van der Waals surface area contributed by atoms with Gasteiger partial charge in [0.05, 0.1) is 37.7 Å². The highest BCUT2D eigenvalue weighted by atomic mass is 32.1. The van der Waals surface area contributed by atoms with Crippen molar-refractivity contribution >= 4 is 28.4 Å². The van der Waals surface area contributed by atoms with Crippen LogP contribution in [0.5, 0.6) is 17.2 Å². The van der Waals surface area contributed by atoms with Crippen molar-refractivity contribution in [2.24, 2.45) is 5.10 Å². The van der Waals surface area contributed by atoms with E-state index in [4.69, 9.17) is 14.2 Å². The quantitative estimate of drug-likeness (QED) is 0.268. The summed E-state index contributed by atoms with van der Waals surface area (Å²) in [4.78, 5) is 15.5. The molecule has 10 heteroatoms. The first kappa shape index (κ1) is 22.0. The van der Waals surface area contributed by atoms with Gasteiger partial charge in [-0.1, -0.05) is 6.92 Å². The largest absolute Gasteiger partial charge is 0.497 e. The predicted molar refractivity (Wildman–Crippen MR) is 121 cm³/mol. The Kier molecular flexibility index (Phi) is 7.39. The van der Waals surface area contributed by atoms with E-state index < -0.39 is 4.92 Å². The zero-order chi connectivity index (χ0) is 22.2. The fourth-order valence-electron chi connectivity index (χ4n) is 2.70. The highest BCUT2D eigenvalue weighted by Gasteiger charge is 2.21. The van der Waals surface area contributed by atoms with Gasteiger partial charge in [-0.3, -0.25) is 15.5 Å². The van der Waals surface area contributed by atoms with Crippen LogP contribution >= 0.6 is 11.3 Å². The van der Waals surface area contributed by atoms with Crippen LogP contribution in [0.25, 0.3) is 11.3 Å². The molecule has 0 aliphatic carbocycles. The second-order valence-corrected chi connectivity index (χ2v) is 7.17. The van der Waals surface area contributed by atoms with E-state index in [2.05, 4.69) is 15.5 Å². The second-order valence-electron chi connectivity index (χ2n) is 6.31. The number of nitro benzene ring substituents is 1. The van der Waals surface area contributed by atoms with Crippen LogP contribution in [0.1, 0.15) is 18.9 Å². The fraction of sp³-hybridized carbons (Fsp3) is 0.238. The van der Waals surface area contributed by atoms with Crippen molar-refractivity contribution < 1.29 is 19.1 Å². The molecule has 9 nitrogen and oxygen atoms in total. The molecule has 0 atom stereocenters. The monoisotopic (exact) mass is 442 g/mol. The van der Waals surface area contributed by atoms with Gasteiger partial charge >= 0.3 is 5.69 Å². The summed E-state index contributed by atoms with van der Waals surface area (Å²) >= 11 is 1.40. The lowest BCUT2D eigenvalue weighted by Crippen LogP contribution is -2.03. The lowest BCUT2D eigenvalue weighted by atomic mass is 10.2. The molecule has 0 fully saturated rings. The maximum atomic E-state index is 11.5. The number of nitrogens with zero attached hydrogens (tertiary/aromatic N) is 3. The first-order valence-electron chi connectivity index (χ1n) is 9.44. The van der Waals surface area contributed by atoms with Gasteiger partial charge in [0.1, 0.15) is 5.75 Å². The van der Waals surface area contributed by atoms with Crippen molar-refractivity contribution in [3.63, 3.8) is 0 Å². The van der Waals surface area contributed by atoms with Crippen LogP contribution in [0.2, 0.25) is 0 Å². The summed E-state index contributed by atoms with van der Waals surface area (Å²) in [5.41, 5.74) is 4.93. The summed E-state index contributed by atoms with van der Waals surface area (Å²) in [7, 11) is 3.06. The van der Waals surface area contributed by atoms with Crippen molar-refractivity contribution in [3.05, 3.63) is 57.5 Å². The zero-order valence-electron chi connectivity index (χ0n) is 17.3. The zero-order valence-corrected chi connectivity index (χ0v) is 18.1. The number of rotatable bonds is 10. The number of hydrazone groups is 1. The van der Waals surface area contributed by atoms with Crippen molar-refractivity contribution in [3.8, 4) is 28.5 Å². The smallest absolute Gasteiger partial charge is 0.315 e. The molecule has 162 valence electrons. The summed E-state index contributed by atoms with van der Waals surface area (Å²) in [6.45, 7) is 2.27. The predicted octanol–water partition coefficient (Wildman–Crippen LogP) is 4.97. The van der Waals surface area contributed by atoms with Crippen LogP contribution < -0.4 is 19.6 Å². The molecule has 0 aliphatic heterocycles. The standard InChI is InChI=1S/C21H22N4O5S/c1-4-9-30-20-18(25(26)27)10-14(11-19(20)29-3)12-22-24-21-23-17(13-31-21)15-5-7-16(28-2)8-6-15/h5-8,10-13H,4,9H2,1-3H3,(H,23,24)/b22-12-. The van der Waals surface area contributed by atoms with Crippen LogP contribution in [0, 0.1) is 10.1 Å². The van der Waals surface area contributed by atoms with Crippen LogP contribution in [0.15, 0.2) is 46.9 Å². The summed E-state index contributed by atoms with van der Waals surface area (Å²) in [5, 5.41) is 18.1. The molecule has 1 heterocycles. The number of benzene rings is 2. The highest BCUT2D eigenvalue weighted by Crippen LogP contribution is 2.38. The molecule has 31 heavy (non-hydrogen) atoms. The average molecular weight is 442 g/mol. The van der Waals surface area contributed by atoms with Crippen molar-refractivity contribution in [1.82, 2.24) is 4.98 Å². The SMILES string of the molecule is CCCOc1c(OC)cc(/C=N\Nc2nc(-c3ccc(OC)cc3)cs2)cc1[N+](=O)[O-]. The summed E-state index contributed by atoms with van der Waals surface area (Å²) in [6, 6.07) is 10.6. The maximum absolute atomic E-state index is 11.5. The Morgan fingerprint density at radius 3 is 2.65 bits per heavy atom. The van der Waals surface area contributed by atoms with Gasteiger partial charge in [-0.2, -0.15) is 5.10 Å². The van der Waals surface area contributed by atoms with E-state index in [0.29, 0.717) is 17.3 Å². The number of hydrogen-bond acceptors (Lipinski definition) is 9. The van der Waals surface area contributed by atoms with Crippen molar-refractivity contribution in [1.29, 1.82) is 0 Å². The van der Waals surface area contributed by atoms with Gasteiger partial charge in [0, 0.05) is 22.6 Å². The number of nitrogens with one attached hydrogen (secondary N) is 1. The third-order valence-electron chi connectivity index (χ3n) is 4.19. The van der Waals surface area contributed by atoms with Gasteiger partial charge in [-0.05, 0) is 36.8 Å². The van der Waals surface area contributed by atoms with E-state index in [1.165, 1.54) is 30.7 Å². The van der Waals surface area contributed by atoms with Crippen LogP contribution in [0.3, 0.4) is 0 Å². The normalized spacial score (nSPS) is 10.8. The van der Waals surface area contributed by atoms with Gasteiger partial charge in [0.2, 0.25) is 10.9 Å². The number of ether oxygens (including phenoxy) is 3. The molecule has 0 bridgehead atoms. The number of nitro groups is 1. The van der Waals surface area contributed by atoms with E-state index >= 15 is 0 Å². The Hall–Kier alpha value is -3.66. The number of aromatic nitrogens is 1. The molecular formula is C21H22N4O5S. The Labute approximate surface area is 183 Å². The first-order valence-corrected chi connectivity index (χ1v) is 10.3. The lowest BCUT2D eigenvalue weighted by molar-refractivity contribution is -0.386. The fourth-order valence-corrected chi connectivity index (χ4v) is 3.37. The van der Waals surface area contributed by atoms with Crippen molar-refractivity contribution in [2.75, 3.05) is 26.3 Å². The molecule has 0 radical (unpaired) electrons. The third kappa shape index (κ3) is 5.48. The van der Waals surface area contributed by atoms with Crippen molar-refractivity contribution in [2.45, 2.75) is 13.3 Å². The summed E-state index contributed by atoms with van der Waals surface area (Å²) in [6.07, 6.45) is 2.19. The Morgan fingerprint density at radius 1 is 1.23 bits per heavy atom. The van der Waals surface area contributed by atoms with Gasteiger partial charge in [0.15, 0.2) is 5.75 Å². The minimum Gasteiger partial charge on any atom is -0.497 e. The van der Waals surface area contributed by atoms with Gasteiger partial charge in [-0.15, -0.1) is 11.3 Å².